The van der Waals surface area contributed by atoms with Gasteiger partial charge < -0.3 is 9.80 Å². The van der Waals surface area contributed by atoms with E-state index in [0.29, 0.717) is 10.5 Å². The molecule has 0 aromatic heterocycles. The number of sulfonamides is 1. The highest BCUT2D eigenvalue weighted by molar-refractivity contribution is 8.00. The lowest BCUT2D eigenvalue weighted by Crippen LogP contribution is -2.50. The van der Waals surface area contributed by atoms with Gasteiger partial charge in [-0.05, 0) is 24.3 Å². The monoisotopic (exact) mass is 492 g/mol. The van der Waals surface area contributed by atoms with Gasteiger partial charge in [-0.3, -0.25) is 19.7 Å². The van der Waals surface area contributed by atoms with Crippen molar-refractivity contribution in [2.24, 2.45) is 0 Å². The highest BCUT2D eigenvalue weighted by Gasteiger charge is 2.31. The van der Waals surface area contributed by atoms with Crippen LogP contribution in [0.1, 0.15) is 10.4 Å². The van der Waals surface area contributed by atoms with Crippen molar-refractivity contribution >= 4 is 39.3 Å². The molecule has 0 unspecified atom stereocenters. The van der Waals surface area contributed by atoms with Gasteiger partial charge in [0.1, 0.15) is 0 Å². The van der Waals surface area contributed by atoms with E-state index in [1.807, 2.05) is 0 Å². The molecule has 0 atom stereocenters. The molecule has 1 fully saturated rings. The number of nitrogens with zero attached hydrogens (tertiary/aromatic N) is 4. The average molecular weight is 493 g/mol. The molecule has 0 bridgehead atoms. The Kier molecular flexibility index (Phi) is 7.72. The molecule has 0 spiro atoms. The second-order valence-corrected chi connectivity index (χ2v) is 10.5. The molecule has 0 radical (unpaired) electrons. The summed E-state index contributed by atoms with van der Waals surface area (Å²) in [6.45, 7) is 0.639. The van der Waals surface area contributed by atoms with Crippen LogP contribution in [0, 0.1) is 10.1 Å². The van der Waals surface area contributed by atoms with Crippen LogP contribution in [0.5, 0.6) is 0 Å². The summed E-state index contributed by atoms with van der Waals surface area (Å²) < 4.78 is 27.0. The minimum atomic E-state index is -3.83. The molecule has 0 aliphatic carbocycles. The maximum absolute atomic E-state index is 13.1. The minimum Gasteiger partial charge on any atom is -0.348 e. The number of amides is 2. The smallest absolute Gasteiger partial charge is 0.269 e. The van der Waals surface area contributed by atoms with E-state index in [2.05, 4.69) is 0 Å². The Bertz CT molecular complexity index is 1140. The molecular weight excluding hydrogens is 468 g/mol. The third kappa shape index (κ3) is 5.70. The molecule has 2 aromatic carbocycles. The number of carbonyl (C=O) groups excluding carboxylic acids is 2. The molecule has 3 rings (SSSR count). The van der Waals surface area contributed by atoms with Gasteiger partial charge in [0.05, 0.1) is 21.1 Å². The van der Waals surface area contributed by atoms with Gasteiger partial charge in [0.25, 0.3) is 11.6 Å². The second-order valence-electron chi connectivity index (χ2n) is 7.52. The van der Waals surface area contributed by atoms with Crippen molar-refractivity contribution in [3.8, 4) is 0 Å². The molecular formula is C21H24N4O6S2. The topological polar surface area (TPSA) is 121 Å². The largest absolute Gasteiger partial charge is 0.348 e. The third-order valence-electron chi connectivity index (χ3n) is 5.18. The SMILES string of the molecule is CN(C)C(=O)CSc1ccccc1C(=O)N1CCN(S(=O)(=O)c2ccc([N+](=O)[O-])cc2)CC1. The molecule has 10 nitrogen and oxygen atoms in total. The quantitative estimate of drug-likeness (QED) is 0.329. The van der Waals surface area contributed by atoms with Gasteiger partial charge in [-0.15, -0.1) is 11.8 Å². The lowest BCUT2D eigenvalue weighted by Gasteiger charge is -2.34. The summed E-state index contributed by atoms with van der Waals surface area (Å²) in [5.74, 6) is -0.0754. The Labute approximate surface area is 196 Å². The molecule has 33 heavy (non-hydrogen) atoms. The third-order valence-corrected chi connectivity index (χ3v) is 8.15. The zero-order valence-corrected chi connectivity index (χ0v) is 19.8. The van der Waals surface area contributed by atoms with Gasteiger partial charge in [-0.1, -0.05) is 12.1 Å². The minimum absolute atomic E-state index is 0.0276. The summed E-state index contributed by atoms with van der Waals surface area (Å²) in [7, 11) is -0.485. The predicted octanol–water partition coefficient (Wildman–Crippen LogP) is 1.92. The van der Waals surface area contributed by atoms with Gasteiger partial charge in [-0.25, -0.2) is 8.42 Å². The molecule has 2 aromatic rings. The van der Waals surface area contributed by atoms with E-state index in [0.717, 1.165) is 12.1 Å². The molecule has 1 saturated heterocycles. The first kappa shape index (κ1) is 24.7. The van der Waals surface area contributed by atoms with Crippen LogP contribution in [0.25, 0.3) is 0 Å². The molecule has 12 heteroatoms. The fraction of sp³-hybridized carbons (Fsp3) is 0.333. The molecule has 2 amide bonds. The Morgan fingerprint density at radius 2 is 1.64 bits per heavy atom. The van der Waals surface area contributed by atoms with Crippen molar-refractivity contribution in [3.05, 3.63) is 64.2 Å². The van der Waals surface area contributed by atoms with E-state index in [9.17, 15) is 28.1 Å². The van der Waals surface area contributed by atoms with Crippen LogP contribution in [0.4, 0.5) is 5.69 Å². The molecule has 1 heterocycles. The fourth-order valence-electron chi connectivity index (χ4n) is 3.23. The van der Waals surface area contributed by atoms with Crippen LogP contribution in [0.2, 0.25) is 0 Å². The number of nitro benzene ring substituents is 1. The molecule has 0 saturated carbocycles. The highest BCUT2D eigenvalue weighted by Crippen LogP contribution is 2.26. The Morgan fingerprint density at radius 1 is 1.03 bits per heavy atom. The zero-order valence-electron chi connectivity index (χ0n) is 18.2. The number of thioether (sulfide) groups is 1. The van der Waals surface area contributed by atoms with Crippen LogP contribution in [0.3, 0.4) is 0 Å². The van der Waals surface area contributed by atoms with E-state index < -0.39 is 14.9 Å². The normalized spacial score (nSPS) is 14.7. The highest BCUT2D eigenvalue weighted by atomic mass is 32.2. The molecule has 176 valence electrons. The first-order valence-corrected chi connectivity index (χ1v) is 12.5. The second kappa shape index (κ2) is 10.3. The number of carbonyl (C=O) groups is 2. The fourth-order valence-corrected chi connectivity index (χ4v) is 5.67. The van der Waals surface area contributed by atoms with Crippen LogP contribution in [-0.2, 0) is 14.8 Å². The van der Waals surface area contributed by atoms with Gasteiger partial charge in [0.15, 0.2) is 0 Å². The van der Waals surface area contributed by atoms with E-state index in [1.54, 1.807) is 43.3 Å². The van der Waals surface area contributed by atoms with Crippen LogP contribution < -0.4 is 0 Å². The molecule has 0 N–H and O–H groups in total. The van der Waals surface area contributed by atoms with Gasteiger partial charge in [-0.2, -0.15) is 4.31 Å². The average Bonchev–Trinajstić information content (AvgIpc) is 2.82. The van der Waals surface area contributed by atoms with Crippen molar-refractivity contribution in [2.45, 2.75) is 9.79 Å². The Hall–Kier alpha value is -2.96. The summed E-state index contributed by atoms with van der Waals surface area (Å²) in [5.41, 5.74) is 0.286. The number of non-ortho nitro benzene ring substituents is 1. The summed E-state index contributed by atoms with van der Waals surface area (Å²) in [6, 6.07) is 11.8. The van der Waals surface area contributed by atoms with Crippen molar-refractivity contribution < 1.29 is 22.9 Å². The van der Waals surface area contributed by atoms with Crippen molar-refractivity contribution in [1.29, 1.82) is 0 Å². The predicted molar refractivity (Wildman–Crippen MR) is 124 cm³/mol. The number of nitro groups is 1. The Morgan fingerprint density at radius 3 is 2.21 bits per heavy atom. The lowest BCUT2D eigenvalue weighted by molar-refractivity contribution is -0.384. The maximum Gasteiger partial charge on any atom is 0.269 e. The van der Waals surface area contributed by atoms with E-state index >= 15 is 0 Å². The van der Waals surface area contributed by atoms with Crippen LogP contribution >= 0.6 is 11.8 Å². The number of rotatable bonds is 7. The van der Waals surface area contributed by atoms with E-state index in [1.165, 1.54) is 33.1 Å². The van der Waals surface area contributed by atoms with E-state index in [-0.39, 0.29) is 54.3 Å². The lowest BCUT2D eigenvalue weighted by atomic mass is 10.2. The van der Waals surface area contributed by atoms with Crippen molar-refractivity contribution in [2.75, 3.05) is 46.0 Å². The van der Waals surface area contributed by atoms with Gasteiger partial charge in [0.2, 0.25) is 15.9 Å². The standard InChI is InChI=1S/C21H24N4O6S2/c1-22(2)20(26)15-32-19-6-4-3-5-18(19)21(27)23-11-13-24(14-12-23)33(30,31)17-9-7-16(8-10-17)25(28)29/h3-10H,11-15H2,1-2H3. The first-order chi connectivity index (χ1) is 15.6. The number of hydrogen-bond acceptors (Lipinski definition) is 7. The number of piperazine rings is 1. The summed E-state index contributed by atoms with van der Waals surface area (Å²) >= 11 is 1.29. The maximum atomic E-state index is 13.1. The zero-order chi connectivity index (χ0) is 24.2. The van der Waals surface area contributed by atoms with E-state index in [4.69, 9.17) is 0 Å². The number of hydrogen-bond donors (Lipinski definition) is 0. The summed E-state index contributed by atoms with van der Waals surface area (Å²) in [5, 5.41) is 10.8. The van der Waals surface area contributed by atoms with Crippen LogP contribution in [-0.4, -0.2) is 85.3 Å². The van der Waals surface area contributed by atoms with Crippen LogP contribution in [0.15, 0.2) is 58.3 Å². The first-order valence-electron chi connectivity index (χ1n) is 10.1. The van der Waals surface area contributed by atoms with Gasteiger partial charge >= 0.3 is 0 Å². The Balaban J connectivity index is 1.67. The van der Waals surface area contributed by atoms with Crippen molar-refractivity contribution in [1.82, 2.24) is 14.1 Å². The molecule has 1 aliphatic heterocycles. The van der Waals surface area contributed by atoms with Crippen molar-refractivity contribution in [3.63, 3.8) is 0 Å². The number of benzene rings is 2. The van der Waals surface area contributed by atoms with Gasteiger partial charge in [0, 0.05) is 57.3 Å². The molecule has 1 aliphatic rings. The summed E-state index contributed by atoms with van der Waals surface area (Å²) in [6.07, 6.45) is 0. The summed E-state index contributed by atoms with van der Waals surface area (Å²) in [4.78, 5) is 39.0.